The zero-order valence-corrected chi connectivity index (χ0v) is 13.2. The number of halogens is 2. The Balaban J connectivity index is 0.00000361. The Morgan fingerprint density at radius 2 is 2.00 bits per heavy atom. The lowest BCUT2D eigenvalue weighted by atomic mass is 10.2. The van der Waals surface area contributed by atoms with E-state index in [2.05, 4.69) is 5.32 Å². The first-order chi connectivity index (χ1) is 8.81. The third-order valence-electron chi connectivity index (χ3n) is 2.40. The third-order valence-corrected chi connectivity index (χ3v) is 2.71. The van der Waals surface area contributed by atoms with Crippen LogP contribution in [0.5, 0.6) is 0 Å². The molecule has 0 bridgehead atoms. The molecule has 1 rings (SSSR count). The van der Waals surface area contributed by atoms with Crippen LogP contribution in [0.2, 0.25) is 5.02 Å². The van der Waals surface area contributed by atoms with Crippen molar-refractivity contribution < 1.29 is 9.59 Å². The van der Waals surface area contributed by atoms with E-state index in [0.29, 0.717) is 11.3 Å². The number of nitrogens with two attached hydrogens (primary N) is 1. The molecule has 0 aliphatic rings. The van der Waals surface area contributed by atoms with Crippen LogP contribution in [0.1, 0.15) is 24.2 Å². The number of nitrogens with zero attached hydrogens (tertiary/aromatic N) is 1. The molecule has 0 aliphatic carbocycles. The highest BCUT2D eigenvalue weighted by molar-refractivity contribution is 6.34. The fourth-order valence-corrected chi connectivity index (χ4v) is 1.84. The van der Waals surface area contributed by atoms with E-state index in [1.165, 1.54) is 11.0 Å². The first-order valence-electron chi connectivity index (χ1n) is 5.91. The highest BCUT2D eigenvalue weighted by Crippen LogP contribution is 2.20. The highest BCUT2D eigenvalue weighted by atomic mass is 35.5. The van der Waals surface area contributed by atoms with Gasteiger partial charge in [-0.15, -0.1) is 12.4 Å². The predicted octanol–water partition coefficient (Wildman–Crippen LogP) is 1.94. The maximum Gasteiger partial charge on any atom is 0.255 e. The fourth-order valence-electron chi connectivity index (χ4n) is 1.57. The monoisotopic (exact) mass is 319 g/mol. The second-order valence-corrected chi connectivity index (χ2v) is 5.03. The van der Waals surface area contributed by atoms with Crippen molar-refractivity contribution in [2.75, 3.05) is 19.3 Å². The molecule has 0 unspecified atom stereocenters. The van der Waals surface area contributed by atoms with Crippen molar-refractivity contribution in [3.05, 3.63) is 28.8 Å². The fraction of sp³-hybridized carbons (Fsp3) is 0.385. The summed E-state index contributed by atoms with van der Waals surface area (Å²) in [6.07, 6.45) is 0. The summed E-state index contributed by atoms with van der Waals surface area (Å²) in [7, 11) is 1.55. The number of carbonyl (C=O) groups excluding carboxylic acids is 2. The van der Waals surface area contributed by atoms with E-state index >= 15 is 0 Å². The molecule has 7 heteroatoms. The number of nitrogens with one attached hydrogen (secondary N) is 1. The number of benzene rings is 1. The molecule has 0 heterocycles. The summed E-state index contributed by atoms with van der Waals surface area (Å²) in [5, 5.41) is 3.00. The first kappa shape index (κ1) is 18.5. The minimum atomic E-state index is -0.316. The summed E-state index contributed by atoms with van der Waals surface area (Å²) in [5.41, 5.74) is 6.38. The van der Waals surface area contributed by atoms with Crippen molar-refractivity contribution in [2.45, 2.75) is 19.9 Å². The van der Waals surface area contributed by atoms with Crippen molar-refractivity contribution in [1.82, 2.24) is 10.2 Å². The lowest BCUT2D eigenvalue weighted by molar-refractivity contribution is -0.122. The molecule has 20 heavy (non-hydrogen) atoms. The molecule has 3 N–H and O–H groups in total. The summed E-state index contributed by atoms with van der Waals surface area (Å²) < 4.78 is 0. The number of anilines is 1. The molecule has 112 valence electrons. The van der Waals surface area contributed by atoms with Gasteiger partial charge in [0.2, 0.25) is 5.91 Å². The van der Waals surface area contributed by atoms with Crippen molar-refractivity contribution in [3.8, 4) is 0 Å². The minimum Gasteiger partial charge on any atom is -0.399 e. The third kappa shape index (κ3) is 5.27. The minimum absolute atomic E-state index is 0. The van der Waals surface area contributed by atoms with Crippen LogP contribution in [0.15, 0.2) is 18.2 Å². The SMILES string of the molecule is CC(C)NC(=O)CN(C)C(=O)c1ccc(N)cc1Cl.Cl. The Labute approximate surface area is 129 Å². The van der Waals surface area contributed by atoms with Crippen LogP contribution in [-0.2, 0) is 4.79 Å². The van der Waals surface area contributed by atoms with Crippen LogP contribution in [-0.4, -0.2) is 36.3 Å². The van der Waals surface area contributed by atoms with Crippen LogP contribution in [0.3, 0.4) is 0 Å². The molecule has 0 aliphatic heterocycles. The van der Waals surface area contributed by atoms with Crippen molar-refractivity contribution >= 4 is 41.5 Å². The molecule has 0 radical (unpaired) electrons. The molecular weight excluding hydrogens is 301 g/mol. The molecule has 0 aromatic heterocycles. The van der Waals surface area contributed by atoms with Gasteiger partial charge in [0.05, 0.1) is 17.1 Å². The van der Waals surface area contributed by atoms with E-state index in [1.54, 1.807) is 19.2 Å². The molecule has 0 saturated heterocycles. The summed E-state index contributed by atoms with van der Waals surface area (Å²) in [4.78, 5) is 25.0. The van der Waals surface area contributed by atoms with E-state index in [9.17, 15) is 9.59 Å². The Kier molecular flexibility index (Phi) is 7.39. The Morgan fingerprint density at radius 1 is 1.40 bits per heavy atom. The topological polar surface area (TPSA) is 75.4 Å². The molecule has 0 fully saturated rings. The van der Waals surface area contributed by atoms with Crippen molar-refractivity contribution in [3.63, 3.8) is 0 Å². The Morgan fingerprint density at radius 3 is 2.50 bits per heavy atom. The smallest absolute Gasteiger partial charge is 0.255 e. The number of carbonyl (C=O) groups is 2. The molecular formula is C13H19Cl2N3O2. The highest BCUT2D eigenvalue weighted by Gasteiger charge is 2.17. The number of likely N-dealkylation sites (N-methyl/N-ethyl adjacent to an activating group) is 1. The van der Waals surface area contributed by atoms with Gasteiger partial charge in [0.15, 0.2) is 0 Å². The Hall–Kier alpha value is -1.46. The van der Waals surface area contributed by atoms with Crippen LogP contribution in [0.25, 0.3) is 0 Å². The maximum absolute atomic E-state index is 12.1. The maximum atomic E-state index is 12.1. The van der Waals surface area contributed by atoms with E-state index in [0.717, 1.165) is 0 Å². The number of hydrogen-bond donors (Lipinski definition) is 2. The van der Waals surface area contributed by atoms with Gasteiger partial charge in [-0.25, -0.2) is 0 Å². The van der Waals surface area contributed by atoms with Gasteiger partial charge in [-0.2, -0.15) is 0 Å². The number of amides is 2. The van der Waals surface area contributed by atoms with Crippen LogP contribution in [0.4, 0.5) is 5.69 Å². The van der Waals surface area contributed by atoms with Crippen LogP contribution in [0, 0.1) is 0 Å². The summed E-state index contributed by atoms with van der Waals surface area (Å²) in [6, 6.07) is 4.70. The molecule has 2 amide bonds. The molecule has 0 spiro atoms. The molecule has 1 aromatic carbocycles. The zero-order chi connectivity index (χ0) is 14.6. The normalized spacial score (nSPS) is 9.85. The van der Waals surface area contributed by atoms with Gasteiger partial charge in [-0.3, -0.25) is 9.59 Å². The lowest BCUT2D eigenvalue weighted by Crippen LogP contribution is -2.40. The standard InChI is InChI=1S/C13H18ClN3O2.ClH/c1-8(2)16-12(18)7-17(3)13(19)10-5-4-9(15)6-11(10)14;/h4-6,8H,7,15H2,1-3H3,(H,16,18);1H. The molecule has 1 aromatic rings. The molecule has 0 atom stereocenters. The summed E-state index contributed by atoms with van der Waals surface area (Å²) in [6.45, 7) is 3.70. The average molecular weight is 320 g/mol. The van der Waals surface area contributed by atoms with Gasteiger partial charge < -0.3 is 16.0 Å². The average Bonchev–Trinajstić information content (AvgIpc) is 2.26. The predicted molar refractivity (Wildman–Crippen MR) is 83.4 cm³/mol. The van der Waals surface area contributed by atoms with Crippen molar-refractivity contribution in [2.24, 2.45) is 0 Å². The second-order valence-electron chi connectivity index (χ2n) is 4.62. The number of nitrogen functional groups attached to an aromatic ring is 1. The Bertz CT molecular complexity index is 493. The van der Waals surface area contributed by atoms with Gasteiger partial charge in [-0.05, 0) is 32.0 Å². The van der Waals surface area contributed by atoms with Gasteiger partial charge in [0.1, 0.15) is 0 Å². The number of hydrogen-bond acceptors (Lipinski definition) is 3. The van der Waals surface area contributed by atoms with Crippen molar-refractivity contribution in [1.29, 1.82) is 0 Å². The first-order valence-corrected chi connectivity index (χ1v) is 6.29. The molecule has 0 saturated carbocycles. The zero-order valence-electron chi connectivity index (χ0n) is 11.6. The van der Waals surface area contributed by atoms with Gasteiger partial charge >= 0.3 is 0 Å². The van der Waals surface area contributed by atoms with Gasteiger partial charge in [-0.1, -0.05) is 11.6 Å². The van der Waals surface area contributed by atoms with Gasteiger partial charge in [0.25, 0.3) is 5.91 Å². The van der Waals surface area contributed by atoms with Crippen LogP contribution >= 0.6 is 24.0 Å². The lowest BCUT2D eigenvalue weighted by Gasteiger charge is -2.18. The second kappa shape index (κ2) is 7.97. The van der Waals surface area contributed by atoms with E-state index in [1.807, 2.05) is 13.8 Å². The summed E-state index contributed by atoms with van der Waals surface area (Å²) >= 11 is 5.96. The van der Waals surface area contributed by atoms with Gasteiger partial charge in [0, 0.05) is 18.8 Å². The largest absolute Gasteiger partial charge is 0.399 e. The van der Waals surface area contributed by atoms with Crippen LogP contribution < -0.4 is 11.1 Å². The molecule has 5 nitrogen and oxygen atoms in total. The number of rotatable bonds is 4. The van der Waals surface area contributed by atoms with E-state index in [-0.39, 0.29) is 41.8 Å². The van der Waals surface area contributed by atoms with E-state index in [4.69, 9.17) is 17.3 Å². The van der Waals surface area contributed by atoms with E-state index < -0.39 is 0 Å². The quantitative estimate of drug-likeness (QED) is 0.833. The summed E-state index contributed by atoms with van der Waals surface area (Å²) in [5.74, 6) is -0.527.